The minimum absolute atomic E-state index is 0.0888. The van der Waals surface area contributed by atoms with Crippen LogP contribution in [0.5, 0.6) is 11.5 Å². The molecule has 3 aliphatic rings. The van der Waals surface area contributed by atoms with Gasteiger partial charge in [-0.15, -0.1) is 0 Å². The Morgan fingerprint density at radius 1 is 1.33 bits per heavy atom. The molecule has 7 heteroatoms. The topological polar surface area (TPSA) is 95.2 Å². The van der Waals surface area contributed by atoms with Crippen molar-refractivity contribution in [1.82, 2.24) is 0 Å². The number of rotatable bonds is 1. The van der Waals surface area contributed by atoms with Gasteiger partial charge in [-0.05, 0) is 12.0 Å². The van der Waals surface area contributed by atoms with Gasteiger partial charge >= 0.3 is 5.63 Å². The van der Waals surface area contributed by atoms with Gasteiger partial charge in [0.1, 0.15) is 17.1 Å². The quantitative estimate of drug-likeness (QED) is 0.786. The number of aryl methyl sites for hydroxylation is 1. The predicted octanol–water partition coefficient (Wildman–Crippen LogP) is 1.26. The van der Waals surface area contributed by atoms with E-state index >= 15 is 0 Å². The van der Waals surface area contributed by atoms with Crippen LogP contribution in [0, 0.1) is 0 Å². The highest BCUT2D eigenvalue weighted by molar-refractivity contribution is 6.06. The van der Waals surface area contributed by atoms with E-state index in [0.717, 1.165) is 0 Å². The lowest BCUT2D eigenvalue weighted by Gasteiger charge is -2.20. The molecule has 2 aliphatic heterocycles. The standard InChI is InChI=1S/C17H14O7/c1-21-9-6-10-13(17(20)4-5-22-16(17)23-10)14-12(9)7-2-3-8(18)11(7)15(19)24-14/h6,16,20H,2-5H2,1H3/t16-,17?/m1/s1. The van der Waals surface area contributed by atoms with E-state index in [1.165, 1.54) is 7.11 Å². The Labute approximate surface area is 135 Å². The van der Waals surface area contributed by atoms with Crippen LogP contribution in [0.25, 0.3) is 11.0 Å². The van der Waals surface area contributed by atoms with Crippen LogP contribution in [0.15, 0.2) is 15.3 Å². The summed E-state index contributed by atoms with van der Waals surface area (Å²) >= 11 is 0. The molecule has 1 unspecified atom stereocenters. The van der Waals surface area contributed by atoms with E-state index < -0.39 is 17.5 Å². The number of hydrogen-bond acceptors (Lipinski definition) is 7. The van der Waals surface area contributed by atoms with E-state index in [9.17, 15) is 14.7 Å². The van der Waals surface area contributed by atoms with Crippen molar-refractivity contribution >= 4 is 16.8 Å². The lowest BCUT2D eigenvalue weighted by Crippen LogP contribution is -2.33. The predicted molar refractivity (Wildman–Crippen MR) is 80.6 cm³/mol. The molecule has 3 heterocycles. The van der Waals surface area contributed by atoms with Gasteiger partial charge in [0.15, 0.2) is 17.0 Å². The minimum Gasteiger partial charge on any atom is -0.496 e. The number of hydrogen-bond donors (Lipinski definition) is 1. The summed E-state index contributed by atoms with van der Waals surface area (Å²) in [5.41, 5.74) is -0.713. The van der Waals surface area contributed by atoms with Crippen LogP contribution >= 0.6 is 0 Å². The monoisotopic (exact) mass is 330 g/mol. The van der Waals surface area contributed by atoms with E-state index in [2.05, 4.69) is 0 Å². The van der Waals surface area contributed by atoms with Gasteiger partial charge in [-0.25, -0.2) is 4.79 Å². The summed E-state index contributed by atoms with van der Waals surface area (Å²) in [6.45, 7) is 0.349. The second-order valence-electron chi connectivity index (χ2n) is 6.32. The van der Waals surface area contributed by atoms with E-state index in [1.807, 2.05) is 0 Å². The van der Waals surface area contributed by atoms with Crippen LogP contribution in [0.3, 0.4) is 0 Å². The van der Waals surface area contributed by atoms with Gasteiger partial charge in [-0.2, -0.15) is 0 Å². The third kappa shape index (κ3) is 1.49. The van der Waals surface area contributed by atoms with Crippen LogP contribution in [-0.2, 0) is 16.8 Å². The number of carbonyl (C=O) groups excluding carboxylic acids is 1. The Kier molecular flexibility index (Phi) is 2.55. The summed E-state index contributed by atoms with van der Waals surface area (Å²) in [5, 5.41) is 11.6. The van der Waals surface area contributed by atoms with Gasteiger partial charge in [0.05, 0.1) is 24.7 Å². The molecule has 0 bridgehead atoms. The van der Waals surface area contributed by atoms with Crippen molar-refractivity contribution in [1.29, 1.82) is 0 Å². The van der Waals surface area contributed by atoms with Crippen LogP contribution in [-0.4, -0.2) is 30.9 Å². The summed E-state index contributed by atoms with van der Waals surface area (Å²) < 4.78 is 22.0. The second kappa shape index (κ2) is 4.37. The van der Waals surface area contributed by atoms with E-state index in [-0.39, 0.29) is 23.4 Å². The van der Waals surface area contributed by atoms with Crippen molar-refractivity contribution in [3.63, 3.8) is 0 Å². The Morgan fingerprint density at radius 2 is 2.17 bits per heavy atom. The molecule has 5 rings (SSSR count). The first kappa shape index (κ1) is 14.0. The van der Waals surface area contributed by atoms with Gasteiger partial charge in [-0.1, -0.05) is 0 Å². The van der Waals surface area contributed by atoms with Crippen molar-refractivity contribution < 1.29 is 28.5 Å². The molecule has 0 radical (unpaired) electrons. The van der Waals surface area contributed by atoms with Crippen molar-refractivity contribution in [2.75, 3.05) is 13.7 Å². The zero-order chi connectivity index (χ0) is 16.6. The maximum Gasteiger partial charge on any atom is 0.347 e. The molecule has 7 nitrogen and oxygen atoms in total. The molecule has 0 spiro atoms. The number of methoxy groups -OCH3 is 1. The average molecular weight is 330 g/mol. The first-order valence-corrected chi connectivity index (χ1v) is 7.79. The molecule has 0 amide bonds. The number of fused-ring (bicyclic) bond motifs is 7. The highest BCUT2D eigenvalue weighted by Gasteiger charge is 2.55. The molecule has 1 fully saturated rings. The Balaban J connectivity index is 1.95. The van der Waals surface area contributed by atoms with Crippen LogP contribution in [0.2, 0.25) is 0 Å². The second-order valence-corrected chi connectivity index (χ2v) is 6.32. The Hall–Kier alpha value is -2.38. The number of benzene rings is 1. The van der Waals surface area contributed by atoms with Gasteiger partial charge in [0.25, 0.3) is 0 Å². The molecule has 1 aromatic heterocycles. The smallest absolute Gasteiger partial charge is 0.347 e. The first-order valence-electron chi connectivity index (χ1n) is 7.79. The summed E-state index contributed by atoms with van der Waals surface area (Å²) in [6, 6.07) is 1.65. The SMILES string of the molecule is COc1cc2c(c3oc(=O)c4c(c13)CCC4=O)C1(O)CCO[C@@H]1O2. The van der Waals surface area contributed by atoms with Gasteiger partial charge in [0.2, 0.25) is 6.29 Å². The van der Waals surface area contributed by atoms with Crippen LogP contribution in [0.4, 0.5) is 0 Å². The average Bonchev–Trinajstić information content (AvgIpc) is 3.17. The number of Topliss-reactive ketones (excluding diaryl/α,β-unsaturated/α-hetero) is 1. The summed E-state index contributed by atoms with van der Waals surface area (Å²) in [5.74, 6) is 0.598. The fourth-order valence-corrected chi connectivity index (χ4v) is 4.02. The van der Waals surface area contributed by atoms with E-state index in [1.54, 1.807) is 6.07 Å². The number of ether oxygens (including phenoxy) is 3. The Bertz CT molecular complexity index is 973. The molecule has 1 saturated heterocycles. The fraction of sp³-hybridized carbons (Fsp3) is 0.412. The fourth-order valence-electron chi connectivity index (χ4n) is 4.02. The molecule has 2 atom stereocenters. The first-order chi connectivity index (χ1) is 11.5. The van der Waals surface area contributed by atoms with Crippen molar-refractivity contribution in [2.24, 2.45) is 0 Å². The maximum atomic E-state index is 12.3. The normalized spacial score (nSPS) is 27.1. The molecule has 0 saturated carbocycles. The zero-order valence-electron chi connectivity index (χ0n) is 12.9. The van der Waals surface area contributed by atoms with Crippen molar-refractivity contribution in [3.05, 3.63) is 33.2 Å². The summed E-state index contributed by atoms with van der Waals surface area (Å²) in [7, 11) is 1.50. The van der Waals surface area contributed by atoms with Crippen LogP contribution in [0.1, 0.15) is 34.3 Å². The number of carbonyl (C=O) groups is 1. The van der Waals surface area contributed by atoms with E-state index in [4.69, 9.17) is 18.6 Å². The van der Waals surface area contributed by atoms with Gasteiger partial charge in [0, 0.05) is 18.9 Å². The lowest BCUT2D eigenvalue weighted by atomic mass is 9.90. The minimum atomic E-state index is -1.37. The third-order valence-electron chi connectivity index (χ3n) is 5.12. The molecule has 124 valence electrons. The number of aliphatic hydroxyl groups is 1. The van der Waals surface area contributed by atoms with Crippen molar-refractivity contribution in [2.45, 2.75) is 31.2 Å². The Morgan fingerprint density at radius 3 is 2.96 bits per heavy atom. The summed E-state index contributed by atoms with van der Waals surface area (Å²) in [6.07, 6.45) is 0.227. The lowest BCUT2D eigenvalue weighted by molar-refractivity contribution is -0.123. The third-order valence-corrected chi connectivity index (χ3v) is 5.12. The largest absolute Gasteiger partial charge is 0.496 e. The zero-order valence-corrected chi connectivity index (χ0v) is 12.9. The molecule has 24 heavy (non-hydrogen) atoms. The maximum absolute atomic E-state index is 12.3. The van der Waals surface area contributed by atoms with Gasteiger partial charge < -0.3 is 23.7 Å². The molecule has 1 N–H and O–H groups in total. The van der Waals surface area contributed by atoms with Crippen LogP contribution < -0.4 is 15.1 Å². The molecular weight excluding hydrogens is 316 g/mol. The highest BCUT2D eigenvalue weighted by atomic mass is 16.7. The van der Waals surface area contributed by atoms with E-state index in [0.29, 0.717) is 47.5 Å². The molecule has 1 aliphatic carbocycles. The molecule has 2 aromatic rings. The van der Waals surface area contributed by atoms with Gasteiger partial charge in [-0.3, -0.25) is 4.79 Å². The summed E-state index contributed by atoms with van der Waals surface area (Å²) in [4.78, 5) is 24.4. The van der Waals surface area contributed by atoms with Crippen molar-refractivity contribution in [3.8, 4) is 11.5 Å². The molecule has 1 aromatic carbocycles. The number of ketones is 1. The highest BCUT2D eigenvalue weighted by Crippen LogP contribution is 2.53. The molecular formula is C17H14O7.